The number of nitrogen functional groups attached to an aromatic ring is 1. The van der Waals surface area contributed by atoms with Crippen molar-refractivity contribution in [3.05, 3.63) is 28.2 Å². The van der Waals surface area contributed by atoms with Crippen LogP contribution in [0.3, 0.4) is 0 Å². The Bertz CT molecular complexity index is 422. The highest BCUT2D eigenvalue weighted by atomic mass is 79.9. The minimum Gasteiger partial charge on any atom is -0.391 e. The normalized spacial score (nSPS) is 20.1. The molecule has 1 heterocycles. The number of rotatable bonds is 2. The minimum absolute atomic E-state index is 0.0534. The van der Waals surface area contributed by atoms with Crippen molar-refractivity contribution < 1.29 is 5.11 Å². The zero-order valence-corrected chi connectivity index (χ0v) is 10.4. The molecular weight excluding hydrogens is 270 g/mol. The zero-order chi connectivity index (χ0) is 11.7. The molecule has 1 aromatic rings. The third-order valence-corrected chi connectivity index (χ3v) is 3.25. The molecule has 1 saturated heterocycles. The molecule has 0 radical (unpaired) electrons. The average molecular weight is 284 g/mol. The lowest BCUT2D eigenvalue weighted by Crippen LogP contribution is -2.25. The molecule has 86 valence electrons. The number of benzene rings is 1. The van der Waals surface area contributed by atoms with Gasteiger partial charge in [0.25, 0.3) is 0 Å². The Kier molecular flexibility index (Phi) is 3.16. The van der Waals surface area contributed by atoms with Gasteiger partial charge in [0.1, 0.15) is 5.84 Å². The van der Waals surface area contributed by atoms with E-state index in [-0.39, 0.29) is 11.9 Å². The van der Waals surface area contributed by atoms with Crippen LogP contribution in [0.1, 0.15) is 12.0 Å². The number of hydrogen-bond donors (Lipinski definition) is 3. The van der Waals surface area contributed by atoms with Gasteiger partial charge in [0, 0.05) is 28.8 Å². The van der Waals surface area contributed by atoms with Crippen LogP contribution >= 0.6 is 15.9 Å². The van der Waals surface area contributed by atoms with E-state index >= 15 is 0 Å². The molecule has 1 aliphatic rings. The first-order valence-electron chi connectivity index (χ1n) is 5.15. The van der Waals surface area contributed by atoms with Crippen LogP contribution in [-0.4, -0.2) is 30.1 Å². The van der Waals surface area contributed by atoms with Crippen molar-refractivity contribution in [3.8, 4) is 0 Å². The van der Waals surface area contributed by atoms with Crippen LogP contribution in [0.2, 0.25) is 0 Å². The van der Waals surface area contributed by atoms with Crippen LogP contribution in [0.15, 0.2) is 22.7 Å². The summed E-state index contributed by atoms with van der Waals surface area (Å²) < 4.78 is 0.904. The molecule has 1 fully saturated rings. The maximum Gasteiger partial charge on any atom is 0.124 e. The van der Waals surface area contributed by atoms with E-state index in [1.165, 1.54) is 0 Å². The number of nitrogens with one attached hydrogen (secondary N) is 1. The Morgan fingerprint density at radius 3 is 2.88 bits per heavy atom. The van der Waals surface area contributed by atoms with Gasteiger partial charge in [-0.05, 0) is 24.6 Å². The van der Waals surface area contributed by atoms with E-state index < -0.39 is 0 Å². The van der Waals surface area contributed by atoms with Gasteiger partial charge in [-0.3, -0.25) is 5.41 Å². The van der Waals surface area contributed by atoms with Gasteiger partial charge in [0.15, 0.2) is 0 Å². The number of anilines is 1. The molecule has 5 heteroatoms. The highest BCUT2D eigenvalue weighted by molar-refractivity contribution is 9.10. The predicted molar refractivity (Wildman–Crippen MR) is 68.0 cm³/mol. The standard InChI is InChI=1S/C11H14BrN3O/c12-7-1-2-10(9(5-7)11(13)14)15-4-3-8(16)6-15/h1-2,5,8,16H,3-4,6H2,(H3,13,14). The Labute approximate surface area is 103 Å². The number of nitrogens with two attached hydrogens (primary N) is 1. The van der Waals surface area contributed by atoms with Crippen molar-refractivity contribution >= 4 is 27.5 Å². The second-order valence-electron chi connectivity index (χ2n) is 3.96. The average Bonchev–Trinajstić information content (AvgIpc) is 2.64. The minimum atomic E-state index is -0.275. The van der Waals surface area contributed by atoms with Crippen molar-refractivity contribution in [2.75, 3.05) is 18.0 Å². The number of halogens is 1. The quantitative estimate of drug-likeness (QED) is 0.566. The first kappa shape index (κ1) is 11.4. The fraction of sp³-hybridized carbons (Fsp3) is 0.364. The van der Waals surface area contributed by atoms with Gasteiger partial charge in [-0.15, -0.1) is 0 Å². The number of hydrogen-bond acceptors (Lipinski definition) is 3. The number of amidine groups is 1. The van der Waals surface area contributed by atoms with Crippen molar-refractivity contribution in [1.29, 1.82) is 5.41 Å². The molecule has 0 spiro atoms. The Morgan fingerprint density at radius 1 is 1.56 bits per heavy atom. The van der Waals surface area contributed by atoms with Crippen LogP contribution in [0, 0.1) is 5.41 Å². The van der Waals surface area contributed by atoms with Gasteiger partial charge >= 0.3 is 0 Å². The summed E-state index contributed by atoms with van der Waals surface area (Å²) in [5.74, 6) is 0.0534. The van der Waals surface area contributed by atoms with Crippen molar-refractivity contribution in [2.45, 2.75) is 12.5 Å². The Morgan fingerprint density at radius 2 is 2.31 bits per heavy atom. The van der Waals surface area contributed by atoms with Crippen LogP contribution in [-0.2, 0) is 0 Å². The number of aliphatic hydroxyl groups excluding tert-OH is 1. The van der Waals surface area contributed by atoms with Crippen molar-refractivity contribution in [1.82, 2.24) is 0 Å². The van der Waals surface area contributed by atoms with Gasteiger partial charge in [-0.25, -0.2) is 0 Å². The Balaban J connectivity index is 2.36. The van der Waals surface area contributed by atoms with E-state index in [1.807, 2.05) is 18.2 Å². The molecular formula is C11H14BrN3O. The first-order valence-corrected chi connectivity index (χ1v) is 5.94. The molecule has 16 heavy (non-hydrogen) atoms. The highest BCUT2D eigenvalue weighted by Crippen LogP contribution is 2.27. The molecule has 4 nitrogen and oxygen atoms in total. The lowest BCUT2D eigenvalue weighted by Gasteiger charge is -2.21. The molecule has 1 aromatic carbocycles. The molecule has 2 rings (SSSR count). The monoisotopic (exact) mass is 283 g/mol. The van der Waals surface area contributed by atoms with E-state index in [2.05, 4.69) is 20.8 Å². The summed E-state index contributed by atoms with van der Waals surface area (Å²) in [4.78, 5) is 2.06. The van der Waals surface area contributed by atoms with Crippen molar-refractivity contribution in [3.63, 3.8) is 0 Å². The van der Waals surface area contributed by atoms with E-state index in [4.69, 9.17) is 11.1 Å². The van der Waals surface area contributed by atoms with Crippen LogP contribution in [0.5, 0.6) is 0 Å². The maximum atomic E-state index is 9.51. The lowest BCUT2D eigenvalue weighted by molar-refractivity contribution is 0.198. The smallest absolute Gasteiger partial charge is 0.124 e. The largest absolute Gasteiger partial charge is 0.391 e. The van der Waals surface area contributed by atoms with Crippen LogP contribution in [0.4, 0.5) is 5.69 Å². The van der Waals surface area contributed by atoms with Gasteiger partial charge in [0.05, 0.1) is 6.10 Å². The third kappa shape index (κ3) is 2.20. The van der Waals surface area contributed by atoms with Crippen LogP contribution < -0.4 is 10.6 Å². The molecule has 0 bridgehead atoms. The van der Waals surface area contributed by atoms with E-state index in [1.54, 1.807) is 0 Å². The SMILES string of the molecule is N=C(N)c1cc(Br)ccc1N1CCC(O)C1. The first-order chi connectivity index (χ1) is 7.58. The number of β-amino-alcohol motifs (C(OH)–C–C–N with tert-alkyl or cyclic N) is 1. The molecule has 1 aliphatic heterocycles. The maximum absolute atomic E-state index is 9.51. The zero-order valence-electron chi connectivity index (χ0n) is 8.78. The molecule has 0 aliphatic carbocycles. The summed E-state index contributed by atoms with van der Waals surface area (Å²) in [6.07, 6.45) is 0.497. The van der Waals surface area contributed by atoms with E-state index in [0.717, 1.165) is 23.1 Å². The summed E-state index contributed by atoms with van der Waals surface area (Å²) in [6, 6.07) is 5.69. The molecule has 4 N–H and O–H groups in total. The third-order valence-electron chi connectivity index (χ3n) is 2.75. The van der Waals surface area contributed by atoms with Crippen LogP contribution in [0.25, 0.3) is 0 Å². The number of aliphatic hydroxyl groups is 1. The lowest BCUT2D eigenvalue weighted by atomic mass is 10.1. The van der Waals surface area contributed by atoms with Gasteiger partial charge in [-0.1, -0.05) is 15.9 Å². The molecule has 1 unspecified atom stereocenters. The fourth-order valence-corrected chi connectivity index (χ4v) is 2.32. The van der Waals surface area contributed by atoms with Gasteiger partial charge < -0.3 is 15.7 Å². The summed E-state index contributed by atoms with van der Waals surface area (Å²) in [7, 11) is 0. The van der Waals surface area contributed by atoms with Gasteiger partial charge in [-0.2, -0.15) is 0 Å². The number of nitrogens with zero attached hydrogens (tertiary/aromatic N) is 1. The summed E-state index contributed by atoms with van der Waals surface area (Å²) in [5, 5.41) is 17.1. The summed E-state index contributed by atoms with van der Waals surface area (Å²) in [6.45, 7) is 1.42. The van der Waals surface area contributed by atoms with E-state index in [0.29, 0.717) is 12.1 Å². The topological polar surface area (TPSA) is 73.3 Å². The molecule has 0 saturated carbocycles. The highest BCUT2D eigenvalue weighted by Gasteiger charge is 2.22. The molecule has 0 amide bonds. The van der Waals surface area contributed by atoms with Gasteiger partial charge in [0.2, 0.25) is 0 Å². The summed E-state index contributed by atoms with van der Waals surface area (Å²) >= 11 is 3.36. The second kappa shape index (κ2) is 4.43. The summed E-state index contributed by atoms with van der Waals surface area (Å²) in [5.41, 5.74) is 7.19. The van der Waals surface area contributed by atoms with E-state index in [9.17, 15) is 5.11 Å². The van der Waals surface area contributed by atoms with Crippen molar-refractivity contribution in [2.24, 2.45) is 5.73 Å². The molecule has 1 atom stereocenters. The Hall–Kier alpha value is -1.07. The second-order valence-corrected chi connectivity index (χ2v) is 4.88. The fourth-order valence-electron chi connectivity index (χ4n) is 1.96. The molecule has 0 aromatic heterocycles. The predicted octanol–water partition coefficient (Wildman–Crippen LogP) is 1.30.